The van der Waals surface area contributed by atoms with Crippen molar-refractivity contribution >= 4 is 0 Å². The van der Waals surface area contributed by atoms with E-state index in [9.17, 15) is 4.39 Å². The Morgan fingerprint density at radius 1 is 1.40 bits per heavy atom. The van der Waals surface area contributed by atoms with E-state index in [1.807, 2.05) is 6.92 Å². The fraction of sp³-hybridized carbons (Fsp3) is 0.200. The zero-order chi connectivity index (χ0) is 14.5. The molecule has 20 heavy (non-hydrogen) atoms. The van der Waals surface area contributed by atoms with Crippen molar-refractivity contribution in [1.29, 1.82) is 5.26 Å². The minimum absolute atomic E-state index is 0.118. The van der Waals surface area contributed by atoms with Gasteiger partial charge in [0, 0.05) is 6.04 Å². The predicted octanol–water partition coefficient (Wildman–Crippen LogP) is 3.29. The van der Waals surface area contributed by atoms with Crippen molar-refractivity contribution in [2.75, 3.05) is 0 Å². The topological polar surface area (TPSA) is 71.9 Å². The Hall–Kier alpha value is -2.45. The molecule has 1 atom stereocenters. The highest BCUT2D eigenvalue weighted by Crippen LogP contribution is 2.26. The monoisotopic (exact) mass is 271 g/mol. The minimum Gasteiger partial charge on any atom is -0.454 e. The molecule has 102 valence electrons. The number of hydrogen-bond donors (Lipinski definition) is 1. The average Bonchev–Trinajstić information content (AvgIpc) is 2.47. The average molecular weight is 271 g/mol. The summed E-state index contributed by atoms with van der Waals surface area (Å²) >= 11 is 0. The molecule has 0 saturated heterocycles. The van der Waals surface area contributed by atoms with Crippen molar-refractivity contribution in [3.63, 3.8) is 0 Å². The summed E-state index contributed by atoms with van der Waals surface area (Å²) in [5.74, 6) is -0.0106. The molecule has 0 bridgehead atoms. The van der Waals surface area contributed by atoms with Crippen LogP contribution >= 0.6 is 0 Å². The van der Waals surface area contributed by atoms with Gasteiger partial charge in [-0.1, -0.05) is 13.0 Å². The van der Waals surface area contributed by atoms with Crippen molar-refractivity contribution in [3.05, 3.63) is 53.6 Å². The summed E-state index contributed by atoms with van der Waals surface area (Å²) in [6.07, 6.45) is 2.30. The predicted molar refractivity (Wildman–Crippen MR) is 72.6 cm³/mol. The van der Waals surface area contributed by atoms with Crippen LogP contribution in [0.15, 0.2) is 36.5 Å². The van der Waals surface area contributed by atoms with Crippen LogP contribution in [0.1, 0.15) is 30.6 Å². The van der Waals surface area contributed by atoms with E-state index in [-0.39, 0.29) is 17.4 Å². The van der Waals surface area contributed by atoms with E-state index in [0.717, 1.165) is 12.1 Å². The summed E-state index contributed by atoms with van der Waals surface area (Å²) in [4.78, 5) is 4.20. The van der Waals surface area contributed by atoms with Crippen molar-refractivity contribution < 1.29 is 9.13 Å². The summed E-state index contributed by atoms with van der Waals surface area (Å²) in [5, 5.41) is 8.92. The maximum absolute atomic E-state index is 13.4. The summed E-state index contributed by atoms with van der Waals surface area (Å²) < 4.78 is 18.9. The number of halogens is 1. The van der Waals surface area contributed by atoms with Gasteiger partial charge in [0.15, 0.2) is 0 Å². The van der Waals surface area contributed by atoms with E-state index in [1.165, 1.54) is 24.4 Å². The largest absolute Gasteiger partial charge is 0.454 e. The molecule has 1 aromatic carbocycles. The normalized spacial score (nSPS) is 11.7. The SMILES string of the molecule is CC[C@@H](N)c1ccc(Oc2cccc(F)c2C#N)cn1. The van der Waals surface area contributed by atoms with Crippen LogP contribution in [-0.4, -0.2) is 4.98 Å². The van der Waals surface area contributed by atoms with Gasteiger partial charge in [-0.3, -0.25) is 4.98 Å². The minimum atomic E-state index is -0.609. The third-order valence-electron chi connectivity index (χ3n) is 2.89. The number of nitrogens with two attached hydrogens (primary N) is 1. The molecule has 0 aliphatic rings. The van der Waals surface area contributed by atoms with E-state index in [4.69, 9.17) is 15.7 Å². The second-order valence-corrected chi connectivity index (χ2v) is 4.26. The second-order valence-electron chi connectivity index (χ2n) is 4.26. The molecule has 0 amide bonds. The molecular weight excluding hydrogens is 257 g/mol. The standard InChI is InChI=1S/C15H14FN3O/c1-2-13(18)14-7-6-10(9-19-14)20-15-5-3-4-12(16)11(15)8-17/h3-7,9,13H,2,18H2,1H3/t13-/m1/s1. The highest BCUT2D eigenvalue weighted by molar-refractivity contribution is 5.45. The lowest BCUT2D eigenvalue weighted by Gasteiger charge is -2.10. The summed E-state index contributed by atoms with van der Waals surface area (Å²) in [6.45, 7) is 1.97. The summed E-state index contributed by atoms with van der Waals surface area (Å²) in [6, 6.07) is 9.36. The smallest absolute Gasteiger partial charge is 0.148 e. The molecule has 4 nitrogen and oxygen atoms in total. The van der Waals surface area contributed by atoms with Gasteiger partial charge in [0.2, 0.25) is 0 Å². The lowest BCUT2D eigenvalue weighted by atomic mass is 10.1. The number of rotatable bonds is 4. The van der Waals surface area contributed by atoms with E-state index in [2.05, 4.69) is 4.98 Å². The number of pyridine rings is 1. The molecule has 0 fully saturated rings. The molecule has 0 aliphatic carbocycles. The van der Waals surface area contributed by atoms with Gasteiger partial charge in [-0.05, 0) is 30.7 Å². The van der Waals surface area contributed by atoms with Crippen molar-refractivity contribution in [2.24, 2.45) is 5.73 Å². The van der Waals surface area contributed by atoms with Gasteiger partial charge in [0.05, 0.1) is 11.9 Å². The highest BCUT2D eigenvalue weighted by Gasteiger charge is 2.10. The van der Waals surface area contributed by atoms with Gasteiger partial charge in [-0.25, -0.2) is 4.39 Å². The maximum Gasteiger partial charge on any atom is 0.148 e. The van der Waals surface area contributed by atoms with Crippen molar-refractivity contribution in [1.82, 2.24) is 4.98 Å². The van der Waals surface area contributed by atoms with Gasteiger partial charge in [-0.15, -0.1) is 0 Å². The number of ether oxygens (including phenoxy) is 1. The van der Waals surface area contributed by atoms with Crippen LogP contribution in [0.5, 0.6) is 11.5 Å². The van der Waals surface area contributed by atoms with Crippen molar-refractivity contribution in [3.8, 4) is 17.6 Å². The third-order valence-corrected chi connectivity index (χ3v) is 2.89. The fourth-order valence-electron chi connectivity index (χ4n) is 1.71. The van der Waals surface area contributed by atoms with Crippen LogP contribution in [-0.2, 0) is 0 Å². The Kier molecular flexibility index (Phi) is 4.28. The quantitative estimate of drug-likeness (QED) is 0.926. The molecule has 2 rings (SSSR count). The van der Waals surface area contributed by atoms with Gasteiger partial charge in [0.25, 0.3) is 0 Å². The number of nitriles is 1. The van der Waals surface area contributed by atoms with Gasteiger partial charge >= 0.3 is 0 Å². The van der Waals surface area contributed by atoms with Crippen LogP contribution < -0.4 is 10.5 Å². The van der Waals surface area contributed by atoms with E-state index < -0.39 is 5.82 Å². The lowest BCUT2D eigenvalue weighted by Crippen LogP contribution is -2.10. The maximum atomic E-state index is 13.4. The Bertz CT molecular complexity index is 635. The molecule has 1 heterocycles. The molecule has 0 aliphatic heterocycles. The van der Waals surface area contributed by atoms with Crippen LogP contribution in [0.2, 0.25) is 0 Å². The number of nitrogens with zero attached hydrogens (tertiary/aromatic N) is 2. The van der Waals surface area contributed by atoms with Crippen LogP contribution in [0.4, 0.5) is 4.39 Å². The first-order chi connectivity index (χ1) is 9.65. The molecule has 0 unspecified atom stereocenters. The third kappa shape index (κ3) is 2.92. The highest BCUT2D eigenvalue weighted by atomic mass is 19.1. The fourth-order valence-corrected chi connectivity index (χ4v) is 1.71. The number of benzene rings is 1. The molecule has 0 spiro atoms. The van der Waals surface area contributed by atoms with Gasteiger partial charge < -0.3 is 10.5 Å². The van der Waals surface area contributed by atoms with Crippen molar-refractivity contribution in [2.45, 2.75) is 19.4 Å². The first-order valence-electron chi connectivity index (χ1n) is 6.23. The molecule has 0 saturated carbocycles. The first kappa shape index (κ1) is 14.0. The Balaban J connectivity index is 2.23. The lowest BCUT2D eigenvalue weighted by molar-refractivity contribution is 0.471. The zero-order valence-electron chi connectivity index (χ0n) is 11.0. The number of hydrogen-bond acceptors (Lipinski definition) is 4. The number of aromatic nitrogens is 1. The van der Waals surface area contributed by atoms with E-state index in [1.54, 1.807) is 18.2 Å². The molecular formula is C15H14FN3O. The Labute approximate surface area is 116 Å². The van der Waals surface area contributed by atoms with Crippen LogP contribution in [0.25, 0.3) is 0 Å². The Morgan fingerprint density at radius 2 is 2.20 bits per heavy atom. The van der Waals surface area contributed by atoms with Crippen LogP contribution in [0, 0.1) is 17.1 Å². The van der Waals surface area contributed by atoms with E-state index >= 15 is 0 Å². The van der Waals surface area contributed by atoms with Gasteiger partial charge in [0.1, 0.15) is 28.9 Å². The second kappa shape index (κ2) is 6.13. The molecule has 1 aromatic heterocycles. The van der Waals surface area contributed by atoms with Crippen LogP contribution in [0.3, 0.4) is 0 Å². The summed E-state index contributed by atoms with van der Waals surface area (Å²) in [5.41, 5.74) is 6.51. The van der Waals surface area contributed by atoms with Gasteiger partial charge in [-0.2, -0.15) is 5.26 Å². The first-order valence-corrected chi connectivity index (χ1v) is 6.23. The molecule has 2 aromatic rings. The Morgan fingerprint density at radius 3 is 2.80 bits per heavy atom. The molecule has 2 N–H and O–H groups in total. The molecule has 5 heteroatoms. The zero-order valence-corrected chi connectivity index (χ0v) is 11.0. The summed E-state index contributed by atoms with van der Waals surface area (Å²) in [7, 11) is 0. The molecule has 0 radical (unpaired) electrons. The van der Waals surface area contributed by atoms with E-state index in [0.29, 0.717) is 5.75 Å².